The monoisotopic (exact) mass is 245 g/mol. The molecule has 4 heteroatoms. The van der Waals surface area contributed by atoms with Crippen LogP contribution in [0.1, 0.15) is 31.9 Å². The minimum absolute atomic E-state index is 0.474. The van der Waals surface area contributed by atoms with Crippen LogP contribution in [0.25, 0.3) is 0 Å². The van der Waals surface area contributed by atoms with Crippen molar-refractivity contribution in [3.8, 4) is 0 Å². The molecule has 0 aromatic carbocycles. The number of hydrogen-bond donors (Lipinski definition) is 1. The molecular weight excluding hydrogens is 230 g/mol. The lowest BCUT2D eigenvalue weighted by Crippen LogP contribution is -2.10. The van der Waals surface area contributed by atoms with Gasteiger partial charge in [-0.25, -0.2) is 0 Å². The fourth-order valence-corrected chi connectivity index (χ4v) is 2.19. The van der Waals surface area contributed by atoms with Crippen molar-refractivity contribution in [3.63, 3.8) is 0 Å². The van der Waals surface area contributed by atoms with Gasteiger partial charge >= 0.3 is 0 Å². The largest absolute Gasteiger partial charge is 0.330 e. The van der Waals surface area contributed by atoms with Crippen molar-refractivity contribution in [2.24, 2.45) is 5.73 Å². The van der Waals surface area contributed by atoms with Gasteiger partial charge in [0.25, 0.3) is 0 Å². The van der Waals surface area contributed by atoms with E-state index in [1.165, 1.54) is 5.69 Å². The molecule has 0 saturated carbocycles. The smallest absolute Gasteiger partial charge is 0.0635 e. The number of nitrogens with zero attached hydrogens (tertiary/aromatic N) is 2. The minimum Gasteiger partial charge on any atom is -0.330 e. The third-order valence-corrected chi connectivity index (χ3v) is 2.81. The molecule has 74 valence electrons. The first-order valence-electron chi connectivity index (χ1n) is 4.62. The van der Waals surface area contributed by atoms with Crippen molar-refractivity contribution in [2.75, 3.05) is 6.54 Å². The second-order valence-electron chi connectivity index (χ2n) is 3.17. The predicted octanol–water partition coefficient (Wildman–Crippen LogP) is 2.12. The quantitative estimate of drug-likeness (QED) is 0.884. The fraction of sp³-hybridized carbons (Fsp3) is 0.667. The summed E-state index contributed by atoms with van der Waals surface area (Å²) in [7, 11) is 0. The Morgan fingerprint density at radius 2 is 2.38 bits per heavy atom. The van der Waals surface area contributed by atoms with Gasteiger partial charge in [-0.1, -0.05) is 6.92 Å². The molecule has 0 aliphatic carbocycles. The Morgan fingerprint density at radius 1 is 1.69 bits per heavy atom. The van der Waals surface area contributed by atoms with Crippen LogP contribution in [0.2, 0.25) is 0 Å². The Kier molecular flexibility index (Phi) is 3.93. The molecule has 1 aromatic rings. The first kappa shape index (κ1) is 10.7. The SMILES string of the molecule is CCn1ncc(Br)c1C(C)CCN. The van der Waals surface area contributed by atoms with Crippen LogP contribution in [0.15, 0.2) is 10.7 Å². The zero-order valence-electron chi connectivity index (χ0n) is 8.13. The summed E-state index contributed by atoms with van der Waals surface area (Å²) in [5.41, 5.74) is 6.79. The van der Waals surface area contributed by atoms with Crippen molar-refractivity contribution in [3.05, 3.63) is 16.4 Å². The first-order chi connectivity index (χ1) is 6.20. The van der Waals surface area contributed by atoms with Gasteiger partial charge in [-0.2, -0.15) is 5.10 Å². The normalized spacial score (nSPS) is 13.2. The molecule has 1 unspecified atom stereocenters. The molecule has 1 aromatic heterocycles. The van der Waals surface area contributed by atoms with Gasteiger partial charge in [-0.15, -0.1) is 0 Å². The van der Waals surface area contributed by atoms with E-state index in [1.54, 1.807) is 0 Å². The summed E-state index contributed by atoms with van der Waals surface area (Å²) in [6.07, 6.45) is 2.86. The highest BCUT2D eigenvalue weighted by atomic mass is 79.9. The summed E-state index contributed by atoms with van der Waals surface area (Å²) in [6.45, 7) is 5.91. The zero-order valence-corrected chi connectivity index (χ0v) is 9.71. The Hall–Kier alpha value is -0.350. The average molecular weight is 246 g/mol. The van der Waals surface area contributed by atoms with Crippen molar-refractivity contribution < 1.29 is 0 Å². The Balaban J connectivity index is 2.89. The Labute approximate surface area is 87.4 Å². The summed E-state index contributed by atoms with van der Waals surface area (Å²) in [4.78, 5) is 0. The van der Waals surface area contributed by atoms with E-state index in [0.717, 1.165) is 24.0 Å². The van der Waals surface area contributed by atoms with E-state index in [2.05, 4.69) is 34.9 Å². The van der Waals surface area contributed by atoms with Gasteiger partial charge in [0.1, 0.15) is 0 Å². The lowest BCUT2D eigenvalue weighted by atomic mass is 10.0. The minimum atomic E-state index is 0.474. The number of nitrogens with two attached hydrogens (primary N) is 1. The second-order valence-corrected chi connectivity index (χ2v) is 4.03. The standard InChI is InChI=1S/C9H16BrN3/c1-3-13-9(7(2)4-5-11)8(10)6-12-13/h6-7H,3-5,11H2,1-2H3. The summed E-state index contributed by atoms with van der Waals surface area (Å²) < 4.78 is 3.11. The summed E-state index contributed by atoms with van der Waals surface area (Å²) >= 11 is 3.50. The molecule has 3 nitrogen and oxygen atoms in total. The van der Waals surface area contributed by atoms with Crippen LogP contribution in [0, 0.1) is 0 Å². The van der Waals surface area contributed by atoms with Crippen LogP contribution in [-0.2, 0) is 6.54 Å². The average Bonchev–Trinajstić information content (AvgIpc) is 2.47. The predicted molar refractivity (Wildman–Crippen MR) is 57.7 cm³/mol. The van der Waals surface area contributed by atoms with Gasteiger partial charge in [-0.05, 0) is 35.8 Å². The number of halogens is 1. The molecular formula is C9H16BrN3. The molecule has 1 heterocycles. The van der Waals surface area contributed by atoms with Gasteiger partial charge in [0.15, 0.2) is 0 Å². The van der Waals surface area contributed by atoms with Crippen molar-refractivity contribution >= 4 is 15.9 Å². The number of rotatable bonds is 4. The first-order valence-corrected chi connectivity index (χ1v) is 5.41. The van der Waals surface area contributed by atoms with Gasteiger partial charge < -0.3 is 5.73 Å². The highest BCUT2D eigenvalue weighted by Crippen LogP contribution is 2.26. The van der Waals surface area contributed by atoms with Crippen LogP contribution in [-0.4, -0.2) is 16.3 Å². The van der Waals surface area contributed by atoms with E-state index < -0.39 is 0 Å². The van der Waals surface area contributed by atoms with Crippen LogP contribution < -0.4 is 5.73 Å². The van der Waals surface area contributed by atoms with E-state index in [0.29, 0.717) is 5.92 Å². The van der Waals surface area contributed by atoms with E-state index in [-0.39, 0.29) is 0 Å². The number of aryl methyl sites for hydroxylation is 1. The van der Waals surface area contributed by atoms with Gasteiger partial charge in [-0.3, -0.25) is 4.68 Å². The van der Waals surface area contributed by atoms with Crippen molar-refractivity contribution in [1.82, 2.24) is 9.78 Å². The fourth-order valence-electron chi connectivity index (χ4n) is 1.50. The van der Waals surface area contributed by atoms with Gasteiger partial charge in [0, 0.05) is 12.5 Å². The molecule has 0 radical (unpaired) electrons. The van der Waals surface area contributed by atoms with Crippen LogP contribution in [0.3, 0.4) is 0 Å². The van der Waals surface area contributed by atoms with Crippen LogP contribution in [0.5, 0.6) is 0 Å². The van der Waals surface area contributed by atoms with Crippen molar-refractivity contribution in [2.45, 2.75) is 32.7 Å². The highest BCUT2D eigenvalue weighted by molar-refractivity contribution is 9.10. The molecule has 0 bridgehead atoms. The molecule has 1 rings (SSSR count). The zero-order chi connectivity index (χ0) is 9.84. The molecule has 13 heavy (non-hydrogen) atoms. The highest BCUT2D eigenvalue weighted by Gasteiger charge is 2.14. The molecule has 0 aliphatic rings. The second kappa shape index (κ2) is 4.77. The lowest BCUT2D eigenvalue weighted by Gasteiger charge is -2.12. The molecule has 0 aliphatic heterocycles. The molecule has 0 fully saturated rings. The van der Waals surface area contributed by atoms with E-state index in [1.807, 2.05) is 10.9 Å². The van der Waals surface area contributed by atoms with E-state index in [9.17, 15) is 0 Å². The maximum Gasteiger partial charge on any atom is 0.0635 e. The van der Waals surface area contributed by atoms with Gasteiger partial charge in [0.05, 0.1) is 16.4 Å². The molecule has 1 atom stereocenters. The van der Waals surface area contributed by atoms with E-state index in [4.69, 9.17) is 5.73 Å². The topological polar surface area (TPSA) is 43.8 Å². The van der Waals surface area contributed by atoms with Crippen LogP contribution in [0.4, 0.5) is 0 Å². The summed E-state index contributed by atoms with van der Waals surface area (Å²) in [5.74, 6) is 0.474. The Bertz CT molecular complexity index is 270. The Morgan fingerprint density at radius 3 is 2.92 bits per heavy atom. The third-order valence-electron chi connectivity index (χ3n) is 2.20. The van der Waals surface area contributed by atoms with Gasteiger partial charge in [0.2, 0.25) is 0 Å². The number of hydrogen-bond acceptors (Lipinski definition) is 2. The molecule has 0 spiro atoms. The molecule has 0 saturated heterocycles. The maximum absolute atomic E-state index is 5.53. The maximum atomic E-state index is 5.53. The van der Waals surface area contributed by atoms with Crippen LogP contribution >= 0.6 is 15.9 Å². The molecule has 2 N–H and O–H groups in total. The lowest BCUT2D eigenvalue weighted by molar-refractivity contribution is 0.563. The summed E-state index contributed by atoms with van der Waals surface area (Å²) in [6, 6.07) is 0. The summed E-state index contributed by atoms with van der Waals surface area (Å²) in [5, 5.41) is 4.27. The third kappa shape index (κ3) is 2.31. The number of aromatic nitrogens is 2. The van der Waals surface area contributed by atoms with E-state index >= 15 is 0 Å². The van der Waals surface area contributed by atoms with Crippen molar-refractivity contribution in [1.29, 1.82) is 0 Å². The molecule has 0 amide bonds.